The minimum absolute atomic E-state index is 0.0450. The summed E-state index contributed by atoms with van der Waals surface area (Å²) in [6.45, 7) is 12.9. The van der Waals surface area contributed by atoms with Gasteiger partial charge in [-0.15, -0.1) is 0 Å². The van der Waals surface area contributed by atoms with Crippen LogP contribution in [0.1, 0.15) is 99.3 Å². The van der Waals surface area contributed by atoms with Crippen molar-refractivity contribution in [1.82, 2.24) is 0 Å². The van der Waals surface area contributed by atoms with Gasteiger partial charge in [0.1, 0.15) is 18.0 Å². The molecule has 8 heterocycles. The maximum Gasteiger partial charge on any atom is 0.514 e. The molecule has 2 spiro atoms. The highest BCUT2D eigenvalue weighted by Gasteiger charge is 2.72. The average molecular weight is 699 g/mol. The van der Waals surface area contributed by atoms with Gasteiger partial charge in [-0.25, -0.2) is 24.3 Å². The van der Waals surface area contributed by atoms with Gasteiger partial charge in [-0.05, 0) is 100 Å². The zero-order valence-corrected chi connectivity index (χ0v) is 30.2. The summed E-state index contributed by atoms with van der Waals surface area (Å²) in [4.78, 5) is 38.6. The van der Waals surface area contributed by atoms with E-state index in [1.165, 1.54) is 0 Å². The Labute approximate surface area is 295 Å². The van der Waals surface area contributed by atoms with E-state index < -0.39 is 53.7 Å². The Morgan fingerprint density at radius 2 is 1.28 bits per heavy atom. The molecule has 11 rings (SSSR count). The van der Waals surface area contributed by atoms with E-state index in [1.807, 2.05) is 32.0 Å². The van der Waals surface area contributed by atoms with Crippen molar-refractivity contribution in [2.75, 3.05) is 0 Å². The van der Waals surface area contributed by atoms with Gasteiger partial charge in [-0.2, -0.15) is 0 Å². The van der Waals surface area contributed by atoms with Crippen LogP contribution in [0.3, 0.4) is 0 Å². The van der Waals surface area contributed by atoms with Crippen molar-refractivity contribution in [3.63, 3.8) is 0 Å². The van der Waals surface area contributed by atoms with Crippen LogP contribution in [-0.4, -0.2) is 59.8 Å². The molecule has 0 amide bonds. The van der Waals surface area contributed by atoms with Gasteiger partial charge in [-0.3, -0.25) is 0 Å². The minimum Gasteiger partial charge on any atom is -0.428 e. The number of hydrogen-bond acceptors (Lipinski definition) is 11. The Hall–Kier alpha value is -1.83. The van der Waals surface area contributed by atoms with Crippen LogP contribution in [-0.2, 0) is 43.2 Å². The molecule has 50 heavy (non-hydrogen) atoms. The van der Waals surface area contributed by atoms with Crippen molar-refractivity contribution in [2.45, 2.75) is 153 Å². The van der Waals surface area contributed by atoms with Crippen molar-refractivity contribution in [3.8, 4) is 5.75 Å². The lowest BCUT2D eigenvalue weighted by molar-refractivity contribution is -0.573. The molecule has 8 aliphatic heterocycles. The van der Waals surface area contributed by atoms with Crippen LogP contribution in [0.25, 0.3) is 0 Å². The Morgan fingerprint density at radius 3 is 1.88 bits per heavy atom. The van der Waals surface area contributed by atoms with Crippen molar-refractivity contribution >= 4 is 6.16 Å². The van der Waals surface area contributed by atoms with Crippen molar-refractivity contribution in [3.05, 3.63) is 30.3 Å². The van der Waals surface area contributed by atoms with Crippen molar-refractivity contribution < 1.29 is 52.8 Å². The number of benzene rings is 1. The standard InChI is InChI=1S/C39H54O11/c1-21-12-14-28-23(3)30(42-33-38(28)26(21)16-18-36(5,45-33)47-49-38)20-31(43-35(40)41-25-10-8-7-9-11-25)32-24(4)29-15-13-22(2)27-17-19-37(6)46-34(44-32)39(27,29)50-48-37/h7-11,21-24,26-34H,12-20H2,1-6H3/t21-,22-,23-,24-,26+,27+,28+,29+,30-,31+,32+,33-,34-,36?,37?,38-,39-/m1/s1. The SMILES string of the molecule is C[C@H]1[C@@H]([C@H](C[C@H]2O[C@@H]3OC4(C)CC[C@H]5[C@H](C)CC[C@@H]([C@H]2C)[C@@]35OO4)OC(=O)Oc2ccccc2)O[C@@H]2OC3(C)CC[C@H]4[C@H](C)CC[C@@H]1[C@@]24OO3. The third-order valence-electron chi connectivity index (χ3n) is 14.5. The van der Waals surface area contributed by atoms with E-state index in [0.717, 1.165) is 51.4 Å². The monoisotopic (exact) mass is 698 g/mol. The molecule has 0 N–H and O–H groups in total. The normalized spacial score (nSPS) is 52.5. The lowest BCUT2D eigenvalue weighted by Crippen LogP contribution is -2.72. The van der Waals surface area contributed by atoms with Crippen LogP contribution < -0.4 is 4.74 Å². The molecule has 10 aliphatic rings. The first-order chi connectivity index (χ1) is 23.9. The number of ether oxygens (including phenoxy) is 6. The molecule has 10 fully saturated rings. The number of carbonyl (C=O) groups is 1. The van der Waals surface area contributed by atoms with Crippen molar-refractivity contribution in [2.24, 2.45) is 47.3 Å². The van der Waals surface area contributed by atoms with Crippen LogP contribution in [0.4, 0.5) is 4.79 Å². The van der Waals surface area contributed by atoms with Crippen molar-refractivity contribution in [1.29, 1.82) is 0 Å². The predicted octanol–water partition coefficient (Wildman–Crippen LogP) is 7.46. The summed E-state index contributed by atoms with van der Waals surface area (Å²) in [6.07, 6.45) is 4.31. The van der Waals surface area contributed by atoms with Crippen LogP contribution in [0.15, 0.2) is 30.3 Å². The molecule has 0 radical (unpaired) electrons. The van der Waals surface area contributed by atoms with Gasteiger partial charge >= 0.3 is 6.16 Å². The second kappa shape index (κ2) is 12.1. The summed E-state index contributed by atoms with van der Waals surface area (Å²) in [5.74, 6) is 0.263. The Morgan fingerprint density at radius 1 is 0.720 bits per heavy atom. The first-order valence-corrected chi connectivity index (χ1v) is 19.3. The molecule has 17 atom stereocenters. The Kier molecular flexibility index (Phi) is 8.22. The van der Waals surface area contributed by atoms with E-state index >= 15 is 0 Å². The highest BCUT2D eigenvalue weighted by Crippen LogP contribution is 2.63. The summed E-state index contributed by atoms with van der Waals surface area (Å²) >= 11 is 0. The molecule has 276 valence electrons. The van der Waals surface area contributed by atoms with Crippen LogP contribution >= 0.6 is 0 Å². The first-order valence-electron chi connectivity index (χ1n) is 19.3. The third kappa shape index (κ3) is 5.08. The fourth-order valence-electron chi connectivity index (χ4n) is 11.8. The fraction of sp³-hybridized carbons (Fsp3) is 0.821. The molecule has 2 saturated carbocycles. The van der Waals surface area contributed by atoms with Gasteiger partial charge in [0.25, 0.3) is 0 Å². The summed E-state index contributed by atoms with van der Waals surface area (Å²) in [7, 11) is 0. The second-order valence-corrected chi connectivity index (χ2v) is 17.4. The molecule has 11 nitrogen and oxygen atoms in total. The van der Waals surface area contributed by atoms with E-state index in [2.05, 4.69) is 27.7 Å². The molecule has 2 aliphatic carbocycles. The fourth-order valence-corrected chi connectivity index (χ4v) is 11.8. The predicted molar refractivity (Wildman–Crippen MR) is 176 cm³/mol. The van der Waals surface area contributed by atoms with E-state index in [9.17, 15) is 4.79 Å². The number of hydrogen-bond donors (Lipinski definition) is 0. The van der Waals surface area contributed by atoms with Gasteiger partial charge in [0.15, 0.2) is 23.8 Å². The molecule has 11 heteroatoms. The van der Waals surface area contributed by atoms with Gasteiger partial charge in [0.05, 0.1) is 6.10 Å². The molecule has 4 bridgehead atoms. The van der Waals surface area contributed by atoms with Crippen LogP contribution in [0.5, 0.6) is 5.75 Å². The second-order valence-electron chi connectivity index (χ2n) is 17.4. The molecule has 1 aromatic carbocycles. The number of carbonyl (C=O) groups excluding carboxylic acids is 1. The Balaban J connectivity index is 1.05. The lowest BCUT2D eigenvalue weighted by Gasteiger charge is -2.62. The minimum atomic E-state index is -0.913. The largest absolute Gasteiger partial charge is 0.514 e. The van der Waals surface area contributed by atoms with Crippen LogP contribution in [0.2, 0.25) is 0 Å². The first kappa shape index (κ1) is 34.0. The molecule has 0 aromatic heterocycles. The van der Waals surface area contributed by atoms with Gasteiger partial charge in [0, 0.05) is 31.1 Å². The third-order valence-corrected chi connectivity index (χ3v) is 14.5. The van der Waals surface area contributed by atoms with Gasteiger partial charge < -0.3 is 28.4 Å². The smallest absolute Gasteiger partial charge is 0.428 e. The highest BCUT2D eigenvalue weighted by molar-refractivity contribution is 5.64. The maximum atomic E-state index is 13.6. The van der Waals surface area contributed by atoms with E-state index in [4.69, 9.17) is 48.0 Å². The van der Waals surface area contributed by atoms with Crippen LogP contribution in [0, 0.1) is 47.3 Å². The topological polar surface area (TPSA) is 109 Å². The van der Waals surface area contributed by atoms with E-state index in [0.29, 0.717) is 24.0 Å². The van der Waals surface area contributed by atoms with Gasteiger partial charge in [-0.1, -0.05) is 45.9 Å². The quantitative estimate of drug-likeness (QED) is 0.174. The van der Waals surface area contributed by atoms with Gasteiger partial charge in [0.2, 0.25) is 11.6 Å². The highest BCUT2D eigenvalue weighted by atomic mass is 17.3. The van der Waals surface area contributed by atoms with E-state index in [1.54, 1.807) is 12.1 Å². The maximum absolute atomic E-state index is 13.6. The number of fused-ring (bicyclic) bond motifs is 4. The summed E-state index contributed by atoms with van der Waals surface area (Å²) < 4.78 is 39.5. The summed E-state index contributed by atoms with van der Waals surface area (Å²) in [6, 6.07) is 9.01. The number of rotatable bonds is 5. The molecule has 8 saturated heterocycles. The molecule has 2 unspecified atom stereocenters. The summed E-state index contributed by atoms with van der Waals surface area (Å²) in [5, 5.41) is 0. The number of para-hydroxylation sites is 1. The zero-order chi connectivity index (χ0) is 34.6. The lowest BCUT2D eigenvalue weighted by atomic mass is 9.56. The summed E-state index contributed by atoms with van der Waals surface area (Å²) in [5.41, 5.74) is -1.41. The molecular weight excluding hydrogens is 644 g/mol. The molecule has 1 aromatic rings. The molecular formula is C39H54O11. The zero-order valence-electron chi connectivity index (χ0n) is 30.2. The average Bonchev–Trinajstić information content (AvgIpc) is 3.46. The Bertz CT molecular complexity index is 1440. The van der Waals surface area contributed by atoms with E-state index in [-0.39, 0.29) is 41.6 Å².